The van der Waals surface area contributed by atoms with Gasteiger partial charge in [-0.3, -0.25) is 0 Å². The van der Waals surface area contributed by atoms with Gasteiger partial charge in [-0.1, -0.05) is 17.6 Å². The van der Waals surface area contributed by atoms with Crippen LogP contribution in [0.4, 0.5) is 4.39 Å². The summed E-state index contributed by atoms with van der Waals surface area (Å²) in [6, 6.07) is 13.3. The minimum Gasteiger partial charge on any atom is -0.465 e. The number of halogens is 1. The van der Waals surface area contributed by atoms with Crippen molar-refractivity contribution in [3.63, 3.8) is 0 Å². The van der Waals surface area contributed by atoms with Gasteiger partial charge in [0.25, 0.3) is 0 Å². The normalized spacial score (nSPS) is 10.1. The molecule has 1 heterocycles. The van der Waals surface area contributed by atoms with Crippen molar-refractivity contribution >= 4 is 16.9 Å². The highest BCUT2D eigenvalue weighted by Gasteiger charge is 2.13. The maximum atomic E-state index is 13.0. The molecule has 0 saturated carbocycles. The average molecular weight is 319 g/mol. The number of ether oxygens (including phenoxy) is 1. The zero-order valence-corrected chi connectivity index (χ0v) is 13.3. The van der Waals surface area contributed by atoms with Crippen molar-refractivity contribution < 1.29 is 13.9 Å². The number of carbonyl (C=O) groups excluding carboxylic acids is 1. The molecule has 0 saturated heterocycles. The van der Waals surface area contributed by atoms with Crippen LogP contribution in [-0.2, 0) is 4.74 Å². The molecule has 4 heteroatoms. The van der Waals surface area contributed by atoms with Crippen LogP contribution in [-0.4, -0.2) is 18.1 Å². The maximum absolute atomic E-state index is 13.0. The molecule has 118 valence electrons. The van der Waals surface area contributed by atoms with Crippen molar-refractivity contribution in [2.45, 2.75) is 6.92 Å². The molecule has 2 aromatic carbocycles. The van der Waals surface area contributed by atoms with Crippen molar-refractivity contribution in [1.82, 2.24) is 4.98 Å². The summed E-state index contributed by atoms with van der Waals surface area (Å²) in [6.45, 7) is 1.97. The van der Waals surface area contributed by atoms with Gasteiger partial charge < -0.3 is 4.74 Å². The van der Waals surface area contributed by atoms with Gasteiger partial charge in [-0.05, 0) is 55.3 Å². The van der Waals surface area contributed by atoms with Gasteiger partial charge in [0, 0.05) is 10.9 Å². The largest absolute Gasteiger partial charge is 0.465 e. The highest BCUT2D eigenvalue weighted by molar-refractivity contribution is 5.96. The monoisotopic (exact) mass is 319 g/mol. The van der Waals surface area contributed by atoms with Gasteiger partial charge in [-0.2, -0.15) is 0 Å². The minimum absolute atomic E-state index is 0.310. The predicted octanol–water partition coefficient (Wildman–Crippen LogP) is 3.87. The van der Waals surface area contributed by atoms with E-state index in [1.807, 2.05) is 25.1 Å². The maximum Gasteiger partial charge on any atom is 0.340 e. The Morgan fingerprint density at radius 1 is 1.08 bits per heavy atom. The van der Waals surface area contributed by atoms with E-state index in [0.29, 0.717) is 16.8 Å². The summed E-state index contributed by atoms with van der Waals surface area (Å²) in [7, 11) is 1.32. The first-order valence-electron chi connectivity index (χ1n) is 7.34. The highest BCUT2D eigenvalue weighted by atomic mass is 19.1. The number of nitrogens with zero attached hydrogens (tertiary/aromatic N) is 1. The molecule has 3 aromatic rings. The van der Waals surface area contributed by atoms with Crippen molar-refractivity contribution in [3.05, 3.63) is 76.7 Å². The molecular formula is C20H14FNO2. The Morgan fingerprint density at radius 2 is 1.83 bits per heavy atom. The van der Waals surface area contributed by atoms with Crippen LogP contribution in [0, 0.1) is 24.6 Å². The van der Waals surface area contributed by atoms with Crippen LogP contribution < -0.4 is 0 Å². The fourth-order valence-corrected chi connectivity index (χ4v) is 2.32. The molecule has 0 aliphatic heterocycles. The van der Waals surface area contributed by atoms with Gasteiger partial charge >= 0.3 is 5.97 Å². The molecule has 1 aromatic heterocycles. The van der Waals surface area contributed by atoms with E-state index in [4.69, 9.17) is 4.74 Å². The summed E-state index contributed by atoms with van der Waals surface area (Å²) in [5.74, 6) is 4.97. The molecule has 0 fully saturated rings. The molecular weight excluding hydrogens is 305 g/mol. The molecule has 0 N–H and O–H groups in total. The Bertz CT molecular complexity index is 982. The summed E-state index contributed by atoms with van der Waals surface area (Å²) in [5.41, 5.74) is 3.10. The summed E-state index contributed by atoms with van der Waals surface area (Å²) < 4.78 is 17.8. The minimum atomic E-state index is -0.491. The first-order valence-corrected chi connectivity index (χ1v) is 7.34. The summed E-state index contributed by atoms with van der Waals surface area (Å²) in [4.78, 5) is 16.5. The van der Waals surface area contributed by atoms with Crippen LogP contribution in [0.3, 0.4) is 0 Å². The van der Waals surface area contributed by atoms with Gasteiger partial charge in [0.2, 0.25) is 0 Å². The van der Waals surface area contributed by atoms with Crippen molar-refractivity contribution in [2.75, 3.05) is 7.11 Å². The van der Waals surface area contributed by atoms with Gasteiger partial charge in [0.05, 0.1) is 18.2 Å². The van der Waals surface area contributed by atoms with Crippen molar-refractivity contribution in [1.29, 1.82) is 0 Å². The van der Waals surface area contributed by atoms with Gasteiger partial charge in [0.1, 0.15) is 11.5 Å². The molecule has 0 atom stereocenters. The van der Waals surface area contributed by atoms with Crippen LogP contribution in [0.1, 0.15) is 27.2 Å². The molecule has 0 bridgehead atoms. The number of hydrogen-bond acceptors (Lipinski definition) is 3. The van der Waals surface area contributed by atoms with Crippen LogP contribution >= 0.6 is 0 Å². The number of aryl methyl sites for hydroxylation is 1. The van der Waals surface area contributed by atoms with Crippen LogP contribution in [0.15, 0.2) is 48.5 Å². The molecule has 0 aliphatic carbocycles. The van der Waals surface area contributed by atoms with E-state index in [0.717, 1.165) is 16.5 Å². The number of methoxy groups -OCH3 is 1. The quantitative estimate of drug-likeness (QED) is 0.505. The van der Waals surface area contributed by atoms with E-state index < -0.39 is 5.97 Å². The number of esters is 1. The third-order valence-electron chi connectivity index (χ3n) is 3.55. The highest BCUT2D eigenvalue weighted by Crippen LogP contribution is 2.19. The lowest BCUT2D eigenvalue weighted by Gasteiger charge is -2.05. The van der Waals surface area contributed by atoms with E-state index in [1.54, 1.807) is 18.2 Å². The van der Waals surface area contributed by atoms with Gasteiger partial charge in [-0.15, -0.1) is 0 Å². The second-order valence-corrected chi connectivity index (χ2v) is 5.33. The van der Waals surface area contributed by atoms with E-state index >= 15 is 0 Å². The third kappa shape index (κ3) is 3.26. The molecule has 3 nitrogen and oxygen atoms in total. The Labute approximate surface area is 139 Å². The van der Waals surface area contributed by atoms with Gasteiger partial charge in [-0.25, -0.2) is 14.2 Å². The molecule has 0 radical (unpaired) electrons. The van der Waals surface area contributed by atoms with Crippen LogP contribution in [0.5, 0.6) is 0 Å². The standard InChI is InChI=1S/C20H14FNO2/c1-13-3-9-18-15(11-13)12-17(20(23)24-2)19(22-18)10-6-14-4-7-16(21)8-5-14/h3-5,7-9,11-12H,1-2H3. The first kappa shape index (κ1) is 15.7. The van der Waals surface area contributed by atoms with Gasteiger partial charge in [0.15, 0.2) is 0 Å². The molecule has 3 rings (SSSR count). The molecule has 0 spiro atoms. The zero-order chi connectivity index (χ0) is 17.1. The summed E-state index contributed by atoms with van der Waals surface area (Å²) in [6.07, 6.45) is 0. The summed E-state index contributed by atoms with van der Waals surface area (Å²) >= 11 is 0. The lowest BCUT2D eigenvalue weighted by atomic mass is 10.1. The van der Waals surface area contributed by atoms with E-state index in [1.165, 1.54) is 19.2 Å². The Kier molecular flexibility index (Phi) is 4.26. The number of rotatable bonds is 1. The number of hydrogen-bond donors (Lipinski definition) is 0. The van der Waals surface area contributed by atoms with Crippen LogP contribution in [0.2, 0.25) is 0 Å². The lowest BCUT2D eigenvalue weighted by molar-refractivity contribution is 0.0600. The topological polar surface area (TPSA) is 39.2 Å². The number of carbonyl (C=O) groups is 1. The van der Waals surface area contributed by atoms with Crippen molar-refractivity contribution in [2.24, 2.45) is 0 Å². The SMILES string of the molecule is COC(=O)c1cc2cc(C)ccc2nc1C#Cc1ccc(F)cc1. The third-order valence-corrected chi connectivity index (χ3v) is 3.55. The Morgan fingerprint density at radius 3 is 2.54 bits per heavy atom. The number of aromatic nitrogens is 1. The fraction of sp³-hybridized carbons (Fsp3) is 0.100. The second-order valence-electron chi connectivity index (χ2n) is 5.33. The average Bonchev–Trinajstić information content (AvgIpc) is 2.60. The van der Waals surface area contributed by atoms with Crippen molar-refractivity contribution in [3.8, 4) is 11.8 Å². The second kappa shape index (κ2) is 6.51. The zero-order valence-electron chi connectivity index (χ0n) is 13.3. The first-order chi connectivity index (χ1) is 11.6. The predicted molar refractivity (Wildman–Crippen MR) is 90.2 cm³/mol. The Hall–Kier alpha value is -3.19. The molecule has 0 amide bonds. The summed E-state index contributed by atoms with van der Waals surface area (Å²) in [5, 5.41) is 0.850. The van der Waals surface area contributed by atoms with Crippen LogP contribution in [0.25, 0.3) is 10.9 Å². The molecule has 0 aliphatic rings. The lowest BCUT2D eigenvalue weighted by Crippen LogP contribution is -2.06. The van der Waals surface area contributed by atoms with E-state index in [9.17, 15) is 9.18 Å². The van der Waals surface area contributed by atoms with E-state index in [-0.39, 0.29) is 5.82 Å². The fourth-order valence-electron chi connectivity index (χ4n) is 2.32. The molecule has 0 unspecified atom stereocenters. The molecule has 24 heavy (non-hydrogen) atoms. The number of pyridine rings is 1. The number of fused-ring (bicyclic) bond motifs is 1. The van der Waals surface area contributed by atoms with E-state index in [2.05, 4.69) is 16.8 Å². The smallest absolute Gasteiger partial charge is 0.340 e. The Balaban J connectivity index is 2.13. The number of benzene rings is 2.